The number of imidazole rings is 1. The first-order chi connectivity index (χ1) is 24.4. The Morgan fingerprint density at radius 1 is 0.500 bits per heavy atom. The molecule has 0 spiro atoms. The quantitative estimate of drug-likeness (QED) is 0.150. The van der Waals surface area contributed by atoms with Gasteiger partial charge in [0.05, 0.1) is 11.4 Å². The first kappa shape index (κ1) is 28.8. The zero-order valence-corrected chi connectivity index (χ0v) is 25.9. The summed E-state index contributed by atoms with van der Waals surface area (Å²) in [5.74, 6) is -0.786. The number of aromatic hydroxyl groups is 4. The van der Waals surface area contributed by atoms with Crippen molar-refractivity contribution in [3.05, 3.63) is 128 Å². The molecule has 0 atom stereocenters. The Balaban J connectivity index is 1.17. The highest BCUT2D eigenvalue weighted by Gasteiger charge is 2.23. The number of hydrogen-bond acceptors (Lipinski definition) is 10. The summed E-state index contributed by atoms with van der Waals surface area (Å²) in [6.07, 6.45) is 3.70. The average molecular weight is 660 g/mol. The number of fused-ring (bicyclic) bond motifs is 3. The molecule has 0 saturated heterocycles. The summed E-state index contributed by atoms with van der Waals surface area (Å²) in [5.41, 5.74) is 5.88. The van der Waals surface area contributed by atoms with E-state index < -0.39 is 0 Å². The van der Waals surface area contributed by atoms with Crippen molar-refractivity contribution in [2.24, 2.45) is 0 Å². The average Bonchev–Trinajstić information content (AvgIpc) is 3.85. The minimum Gasteiger partial charge on any atom is -0.507 e. The Kier molecular flexibility index (Phi) is 6.39. The molecule has 13 nitrogen and oxygen atoms in total. The lowest BCUT2D eigenvalue weighted by molar-refractivity contribution is 0.439. The summed E-state index contributed by atoms with van der Waals surface area (Å²) < 4.78 is 1.86. The van der Waals surface area contributed by atoms with Gasteiger partial charge in [0.15, 0.2) is 5.69 Å². The summed E-state index contributed by atoms with van der Waals surface area (Å²) >= 11 is 0. The minimum absolute atomic E-state index is 0.00930. The normalized spacial score (nSPS) is 11.5. The third kappa shape index (κ3) is 4.76. The number of phenolic OH excluding ortho intramolecular Hbond substituents is 4. The third-order valence-corrected chi connectivity index (χ3v) is 8.40. The predicted molar refractivity (Wildman–Crippen MR) is 187 cm³/mol. The van der Waals surface area contributed by atoms with Crippen LogP contribution in [0, 0.1) is 0 Å². The van der Waals surface area contributed by atoms with Crippen LogP contribution < -0.4 is 4.90 Å². The van der Waals surface area contributed by atoms with E-state index in [1.807, 2.05) is 71.4 Å². The fourth-order valence-corrected chi connectivity index (χ4v) is 6.06. The van der Waals surface area contributed by atoms with Crippen molar-refractivity contribution >= 4 is 44.8 Å². The van der Waals surface area contributed by atoms with Gasteiger partial charge in [0.1, 0.15) is 56.4 Å². The number of rotatable bonds is 6. The zero-order chi connectivity index (χ0) is 33.9. The lowest BCUT2D eigenvalue weighted by atomic mass is 10.1. The van der Waals surface area contributed by atoms with E-state index in [1.54, 1.807) is 47.4 Å². The van der Waals surface area contributed by atoms with Crippen molar-refractivity contribution in [1.82, 2.24) is 39.4 Å². The van der Waals surface area contributed by atoms with E-state index in [-0.39, 0.29) is 28.7 Å². The van der Waals surface area contributed by atoms with E-state index in [9.17, 15) is 20.4 Å². The monoisotopic (exact) mass is 659 g/mol. The van der Waals surface area contributed by atoms with Crippen LogP contribution in [0.25, 0.3) is 50.3 Å². The number of hydrogen-bond donors (Lipinski definition) is 4. The molecule has 0 fully saturated rings. The van der Waals surface area contributed by atoms with Crippen molar-refractivity contribution in [2.75, 3.05) is 4.90 Å². The molecule has 0 bridgehead atoms. The molecule has 13 heteroatoms. The van der Waals surface area contributed by atoms with Gasteiger partial charge in [-0.25, -0.2) is 4.98 Å². The first-order valence-corrected chi connectivity index (χ1v) is 15.5. The Morgan fingerprint density at radius 2 is 1.04 bits per heavy atom. The second-order valence-corrected chi connectivity index (χ2v) is 11.6. The van der Waals surface area contributed by atoms with Gasteiger partial charge in [-0.15, -0.1) is 30.0 Å². The lowest BCUT2D eigenvalue weighted by Crippen LogP contribution is -2.11. The maximum Gasteiger partial charge on any atom is 0.169 e. The van der Waals surface area contributed by atoms with E-state index in [0.717, 1.165) is 5.65 Å². The summed E-state index contributed by atoms with van der Waals surface area (Å²) in [7, 11) is 0. The van der Waals surface area contributed by atoms with Gasteiger partial charge in [0, 0.05) is 53.6 Å². The molecule has 4 heterocycles. The van der Waals surface area contributed by atoms with Crippen molar-refractivity contribution in [1.29, 1.82) is 0 Å². The van der Waals surface area contributed by atoms with Crippen LogP contribution in [0.2, 0.25) is 0 Å². The van der Waals surface area contributed by atoms with Crippen LogP contribution in [0.5, 0.6) is 23.0 Å². The Morgan fingerprint density at radius 3 is 1.62 bits per heavy atom. The molecule has 0 aliphatic rings. The molecular formula is C37H25N9O4. The fourth-order valence-electron chi connectivity index (χ4n) is 6.06. The number of aromatic nitrogens is 8. The number of nitrogens with zero attached hydrogens (tertiary/aromatic N) is 9. The SMILES string of the molecule is Oc1cc(N(c2ccc(-n3nc4ccccc4n3)c(O)c2)c2cc(O)c(-n3nc4ccccc4n3)c(O)c2)ccc1-c1cn2ccccc2n1. The molecule has 9 aromatic rings. The number of pyridine rings is 1. The Bertz CT molecular complexity index is 2500. The summed E-state index contributed by atoms with van der Waals surface area (Å²) in [6, 6.07) is 33.1. The first-order valence-electron chi connectivity index (χ1n) is 15.5. The van der Waals surface area contributed by atoms with Crippen LogP contribution in [-0.4, -0.2) is 59.8 Å². The molecule has 0 radical (unpaired) electrons. The molecule has 242 valence electrons. The van der Waals surface area contributed by atoms with Gasteiger partial charge in [-0.3, -0.25) is 0 Å². The van der Waals surface area contributed by atoms with Gasteiger partial charge >= 0.3 is 0 Å². The molecule has 0 unspecified atom stereocenters. The van der Waals surface area contributed by atoms with E-state index in [1.165, 1.54) is 27.8 Å². The summed E-state index contributed by atoms with van der Waals surface area (Å²) in [5, 5.41) is 63.0. The highest BCUT2D eigenvalue weighted by molar-refractivity contribution is 5.84. The fraction of sp³-hybridized carbons (Fsp3) is 0. The van der Waals surface area contributed by atoms with Gasteiger partial charge in [0.2, 0.25) is 0 Å². The smallest absolute Gasteiger partial charge is 0.169 e. The molecular weight excluding hydrogens is 634 g/mol. The van der Waals surface area contributed by atoms with E-state index in [2.05, 4.69) is 25.4 Å². The zero-order valence-electron chi connectivity index (χ0n) is 25.9. The molecule has 0 aliphatic heterocycles. The molecule has 4 N–H and O–H groups in total. The van der Waals surface area contributed by atoms with Gasteiger partial charge < -0.3 is 29.7 Å². The Hall–Kier alpha value is -7.41. The second kappa shape index (κ2) is 11.1. The van der Waals surface area contributed by atoms with Gasteiger partial charge in [-0.05, 0) is 60.7 Å². The highest BCUT2D eigenvalue weighted by Crippen LogP contribution is 2.45. The molecule has 0 aliphatic carbocycles. The molecule has 50 heavy (non-hydrogen) atoms. The highest BCUT2D eigenvalue weighted by atomic mass is 16.3. The molecule has 9 rings (SSSR count). The van der Waals surface area contributed by atoms with Crippen molar-refractivity contribution in [3.63, 3.8) is 0 Å². The lowest BCUT2D eigenvalue weighted by Gasteiger charge is -2.27. The van der Waals surface area contributed by atoms with Crippen molar-refractivity contribution in [2.45, 2.75) is 0 Å². The third-order valence-electron chi connectivity index (χ3n) is 8.40. The van der Waals surface area contributed by atoms with Crippen molar-refractivity contribution < 1.29 is 20.4 Å². The minimum atomic E-state index is -0.302. The number of benzene rings is 5. The van der Waals surface area contributed by atoms with Gasteiger partial charge in [0.25, 0.3) is 0 Å². The summed E-state index contributed by atoms with van der Waals surface area (Å²) in [6.45, 7) is 0. The van der Waals surface area contributed by atoms with Crippen LogP contribution in [0.1, 0.15) is 0 Å². The van der Waals surface area contributed by atoms with Crippen LogP contribution >= 0.6 is 0 Å². The molecule has 5 aromatic carbocycles. The summed E-state index contributed by atoms with van der Waals surface area (Å²) in [4.78, 5) is 8.85. The van der Waals surface area contributed by atoms with Crippen LogP contribution in [-0.2, 0) is 0 Å². The van der Waals surface area contributed by atoms with Crippen LogP contribution in [0.3, 0.4) is 0 Å². The van der Waals surface area contributed by atoms with Gasteiger partial charge in [-0.2, -0.15) is 0 Å². The number of phenols is 4. The standard InChI is InChI=1S/C37H25N9O4/c47-32-17-22(12-14-25(32)30-21-43-16-6-5-11-36(43)38-30)44(23-13-15-31(33(48)18-23)45-39-26-7-1-2-8-27(26)40-45)24-19-34(49)37(35(50)20-24)46-41-28-9-3-4-10-29(28)42-46/h1-21,47-50H. The molecule has 0 saturated carbocycles. The van der Waals surface area contributed by atoms with Crippen molar-refractivity contribution in [3.8, 4) is 45.6 Å². The van der Waals surface area contributed by atoms with E-state index in [0.29, 0.717) is 56.1 Å². The molecule has 0 amide bonds. The molecule has 4 aromatic heterocycles. The predicted octanol–water partition coefficient (Wildman–Crippen LogP) is 6.76. The van der Waals surface area contributed by atoms with E-state index in [4.69, 9.17) is 0 Å². The largest absolute Gasteiger partial charge is 0.507 e. The van der Waals surface area contributed by atoms with Crippen LogP contribution in [0.4, 0.5) is 17.1 Å². The maximum absolute atomic E-state index is 11.3. The maximum atomic E-state index is 11.3. The van der Waals surface area contributed by atoms with Gasteiger partial charge in [-0.1, -0.05) is 30.3 Å². The van der Waals surface area contributed by atoms with Crippen LogP contribution in [0.15, 0.2) is 128 Å². The number of anilines is 3. The topological polar surface area (TPSA) is 163 Å². The Labute approximate surface area is 282 Å². The van der Waals surface area contributed by atoms with E-state index >= 15 is 0 Å². The second-order valence-electron chi connectivity index (χ2n) is 11.6.